The molecule has 5 aromatic rings. The minimum Gasteiger partial charge on any atom is -0.354 e. The van der Waals surface area contributed by atoms with Gasteiger partial charge in [-0.15, -0.1) is 12.8 Å². The van der Waals surface area contributed by atoms with Crippen molar-refractivity contribution in [1.82, 2.24) is 19.9 Å². The molecular weight excluding hydrogens is 729 g/mol. The molecular formula is C48H40N4O2S2. The first-order chi connectivity index (χ1) is 27.5. The highest BCUT2D eigenvalue weighted by Crippen LogP contribution is 2.40. The minimum absolute atomic E-state index is 0.138. The number of hydrogen-bond acceptors (Lipinski definition) is 6. The maximum Gasteiger partial charge on any atom is 0.193 e. The van der Waals surface area contributed by atoms with Crippen LogP contribution in [0.25, 0.3) is 68.6 Å². The average Bonchev–Trinajstić information content (AvgIpc) is 4.05. The van der Waals surface area contributed by atoms with Crippen molar-refractivity contribution < 1.29 is 9.59 Å². The zero-order valence-corrected chi connectivity index (χ0v) is 32.6. The lowest BCUT2D eigenvalue weighted by molar-refractivity contribution is -0.111. The molecule has 3 aromatic heterocycles. The van der Waals surface area contributed by atoms with E-state index in [1.54, 1.807) is 0 Å². The lowest BCUT2D eigenvalue weighted by Gasteiger charge is -2.10. The van der Waals surface area contributed by atoms with Crippen molar-refractivity contribution in [3.05, 3.63) is 107 Å². The molecule has 0 atom stereocenters. The van der Waals surface area contributed by atoms with Gasteiger partial charge in [-0.05, 0) is 84.7 Å². The molecule has 276 valence electrons. The van der Waals surface area contributed by atoms with Crippen molar-refractivity contribution >= 4 is 80.1 Å². The fraction of sp³-hybridized carbons (Fsp3) is 0.208. The van der Waals surface area contributed by atoms with Crippen LogP contribution in [0.15, 0.2) is 82.6 Å². The number of H-pyrrole nitrogens is 2. The molecule has 10 bridgehead atoms. The van der Waals surface area contributed by atoms with Crippen molar-refractivity contribution in [1.29, 1.82) is 0 Å². The van der Waals surface area contributed by atoms with Gasteiger partial charge in [-0.1, -0.05) is 110 Å². The second-order valence-corrected chi connectivity index (χ2v) is 16.3. The quantitative estimate of drug-likeness (QED) is 0.149. The van der Waals surface area contributed by atoms with Gasteiger partial charge in [-0.25, -0.2) is 9.97 Å². The van der Waals surface area contributed by atoms with E-state index in [1.807, 2.05) is 97.1 Å². The highest BCUT2D eigenvalue weighted by atomic mass is 32.2. The molecule has 9 rings (SSSR count). The maximum absolute atomic E-state index is 13.4. The number of hydrogen-bond donors (Lipinski definition) is 2. The number of thioether (sulfide) groups is 2. The van der Waals surface area contributed by atoms with Crippen molar-refractivity contribution in [2.24, 2.45) is 0 Å². The fourth-order valence-corrected chi connectivity index (χ4v) is 9.38. The maximum atomic E-state index is 13.4. The van der Waals surface area contributed by atoms with E-state index in [0.717, 1.165) is 105 Å². The number of nitrogens with one attached hydrogen (secondary N) is 2. The molecule has 7 heterocycles. The molecule has 0 spiro atoms. The number of aromatic nitrogens is 4. The number of fused-ring (bicyclic) bond motifs is 13. The van der Waals surface area contributed by atoms with Gasteiger partial charge in [0.1, 0.15) is 0 Å². The molecule has 2 aromatic carbocycles. The largest absolute Gasteiger partial charge is 0.354 e. The molecule has 0 amide bonds. The summed E-state index contributed by atoms with van der Waals surface area (Å²) >= 11 is 2.57. The molecule has 4 aliphatic heterocycles. The smallest absolute Gasteiger partial charge is 0.193 e. The van der Waals surface area contributed by atoms with Crippen LogP contribution in [0.2, 0.25) is 0 Å². The van der Waals surface area contributed by atoms with E-state index >= 15 is 0 Å². The Bertz CT molecular complexity index is 2500. The molecule has 0 saturated heterocycles. The summed E-state index contributed by atoms with van der Waals surface area (Å²) in [5, 5.41) is 0.277. The van der Waals surface area contributed by atoms with E-state index in [9.17, 15) is 9.59 Å². The molecule has 2 N–H and O–H groups in total. The first-order valence-corrected chi connectivity index (χ1v) is 20.8. The Morgan fingerprint density at radius 1 is 0.482 bits per heavy atom. The van der Waals surface area contributed by atoms with Crippen LogP contribution >= 0.6 is 23.5 Å². The zero-order valence-electron chi connectivity index (χ0n) is 31.0. The SMILES string of the molecule is C#Cc1c2nc(c3c4ccc([nH]4)c(C#C)c4nc(c(c5ccc1[nH]5)-c1ccccc1SC(=O)CCCCCCCCCCC(=O)Sc1ccccc1-3)C=C4)C=C2. The number of nitrogens with zero attached hydrogens (tertiary/aromatic N) is 2. The van der Waals surface area contributed by atoms with Crippen molar-refractivity contribution in [3.63, 3.8) is 0 Å². The van der Waals surface area contributed by atoms with Crippen molar-refractivity contribution in [2.75, 3.05) is 0 Å². The first-order valence-electron chi connectivity index (χ1n) is 19.2. The number of rotatable bonds is 0. The lowest BCUT2D eigenvalue weighted by atomic mass is 10.0. The normalized spacial score (nSPS) is 15.2. The summed E-state index contributed by atoms with van der Waals surface area (Å²) in [4.78, 5) is 46.1. The number of aromatic amines is 2. The third-order valence-corrected chi connectivity index (χ3v) is 12.3. The highest BCUT2D eigenvalue weighted by molar-refractivity contribution is 8.14. The fourth-order valence-electron chi connectivity index (χ4n) is 7.55. The number of carbonyl (C=O) groups is 2. The molecule has 0 fully saturated rings. The molecule has 8 heteroatoms. The van der Waals surface area contributed by atoms with Crippen LogP contribution in [0, 0.1) is 24.7 Å². The van der Waals surface area contributed by atoms with Gasteiger partial charge in [0.2, 0.25) is 0 Å². The molecule has 56 heavy (non-hydrogen) atoms. The summed E-state index contributed by atoms with van der Waals surface area (Å²) in [6.07, 6.45) is 29.6. The second kappa shape index (κ2) is 16.9. The second-order valence-electron chi connectivity index (χ2n) is 14.1. The Kier molecular flexibility index (Phi) is 11.2. The minimum atomic E-state index is 0.138. The van der Waals surface area contributed by atoms with Crippen LogP contribution in [0.1, 0.15) is 98.1 Å². The Morgan fingerprint density at radius 2 is 0.857 bits per heavy atom. The third-order valence-electron chi connectivity index (χ3n) is 10.3. The molecule has 4 aliphatic rings. The van der Waals surface area contributed by atoms with Crippen molar-refractivity contribution in [3.8, 4) is 46.9 Å². The summed E-state index contributed by atoms with van der Waals surface area (Å²) in [5.74, 6) is 5.81. The Balaban J connectivity index is 1.42. The summed E-state index contributed by atoms with van der Waals surface area (Å²) < 4.78 is 0. The van der Waals surface area contributed by atoms with Crippen LogP contribution in [0.4, 0.5) is 0 Å². The Labute approximate surface area is 335 Å². The molecule has 0 unspecified atom stereocenters. The van der Waals surface area contributed by atoms with E-state index in [1.165, 1.54) is 23.5 Å². The van der Waals surface area contributed by atoms with Crippen LogP contribution in [0.5, 0.6) is 0 Å². The van der Waals surface area contributed by atoms with Crippen LogP contribution in [-0.2, 0) is 9.59 Å². The van der Waals surface area contributed by atoms with Gasteiger partial charge in [-0.2, -0.15) is 0 Å². The Hall–Kier alpha value is -5.80. The summed E-state index contributed by atoms with van der Waals surface area (Å²) in [6.45, 7) is 0. The predicted octanol–water partition coefficient (Wildman–Crippen LogP) is 12.1. The zero-order chi connectivity index (χ0) is 38.4. The van der Waals surface area contributed by atoms with Crippen LogP contribution < -0.4 is 0 Å². The van der Waals surface area contributed by atoms with E-state index in [4.69, 9.17) is 22.8 Å². The highest BCUT2D eigenvalue weighted by Gasteiger charge is 2.21. The summed E-state index contributed by atoms with van der Waals surface area (Å²) in [5.41, 5.74) is 10.4. The van der Waals surface area contributed by atoms with Gasteiger partial charge in [0.25, 0.3) is 0 Å². The topological polar surface area (TPSA) is 91.5 Å². The van der Waals surface area contributed by atoms with E-state index < -0.39 is 0 Å². The molecule has 0 radical (unpaired) electrons. The average molecular weight is 769 g/mol. The van der Waals surface area contributed by atoms with Gasteiger partial charge >= 0.3 is 0 Å². The number of benzene rings is 2. The first kappa shape index (κ1) is 37.1. The van der Waals surface area contributed by atoms with Gasteiger partial charge in [0.15, 0.2) is 10.2 Å². The molecule has 6 nitrogen and oxygen atoms in total. The summed E-state index contributed by atoms with van der Waals surface area (Å²) in [7, 11) is 0. The molecule has 0 aliphatic carbocycles. The lowest BCUT2D eigenvalue weighted by Crippen LogP contribution is -1.95. The predicted molar refractivity (Wildman–Crippen MR) is 233 cm³/mol. The van der Waals surface area contributed by atoms with Crippen LogP contribution in [0.3, 0.4) is 0 Å². The summed E-state index contributed by atoms with van der Waals surface area (Å²) in [6, 6.07) is 23.9. The van der Waals surface area contributed by atoms with E-state index in [0.29, 0.717) is 46.7 Å². The standard InChI is InChI=1S/C48H40N4O2S2/c1-3-31-35-23-27-39(49-35)47-33-17-13-15-19-43(33)55-45(53)21-11-9-7-5-6-8-10-12-22-46(54)56-44-20-16-14-18-34(44)48(40-28-24-36(31)50-40)42-30-26-38(52-42)32(4-2)37-25-29-41(47)51-37/h1-2,13-20,23-30,49,52H,5-12,21-22H2. The van der Waals surface area contributed by atoms with E-state index in [2.05, 4.69) is 21.8 Å². The third kappa shape index (κ3) is 7.82. The van der Waals surface area contributed by atoms with Gasteiger partial charge in [-0.3, -0.25) is 9.59 Å². The molecule has 0 saturated carbocycles. The Morgan fingerprint density at radius 3 is 1.29 bits per heavy atom. The van der Waals surface area contributed by atoms with Crippen LogP contribution in [-0.4, -0.2) is 30.2 Å². The number of terminal acetylenes is 2. The van der Waals surface area contributed by atoms with Gasteiger partial charge in [0.05, 0.1) is 44.9 Å². The van der Waals surface area contributed by atoms with E-state index in [-0.39, 0.29) is 10.2 Å². The monoisotopic (exact) mass is 768 g/mol. The number of carbonyl (C=O) groups excluding carboxylic acids is 2. The van der Waals surface area contributed by atoms with Gasteiger partial charge in [0, 0.05) is 44.8 Å². The van der Waals surface area contributed by atoms with Crippen molar-refractivity contribution in [2.45, 2.75) is 74.0 Å². The van der Waals surface area contributed by atoms with Gasteiger partial charge < -0.3 is 9.97 Å².